The summed E-state index contributed by atoms with van der Waals surface area (Å²) >= 11 is 0. The van der Waals surface area contributed by atoms with Crippen LogP contribution in [-0.4, -0.2) is 49.1 Å². The molecule has 2 aromatic rings. The van der Waals surface area contributed by atoms with Gasteiger partial charge in [-0.1, -0.05) is 54.6 Å². The molecule has 0 aromatic heterocycles. The van der Waals surface area contributed by atoms with Crippen molar-refractivity contribution in [1.82, 2.24) is 15.5 Å². The van der Waals surface area contributed by atoms with Crippen molar-refractivity contribution in [3.05, 3.63) is 71.3 Å². The van der Waals surface area contributed by atoms with Crippen LogP contribution in [0.25, 0.3) is 0 Å². The van der Waals surface area contributed by atoms with E-state index in [4.69, 9.17) is 0 Å². The molecule has 1 fully saturated rings. The van der Waals surface area contributed by atoms with Crippen molar-refractivity contribution in [3.63, 3.8) is 0 Å². The van der Waals surface area contributed by atoms with Gasteiger partial charge in [-0.25, -0.2) is 0 Å². The molecular formula is C23H29N3O. The summed E-state index contributed by atoms with van der Waals surface area (Å²) in [5.41, 5.74) is 3.45. The number of fused-ring (bicyclic) bond motifs is 1. The second kappa shape index (κ2) is 7.83. The SMILES string of the molecule is CN(CCc1ccccc1)C1(C(=O)N[C@H]2CCNC2)Cc2ccccc2C1. The Bertz CT molecular complexity index is 758. The number of hydrogen-bond donors (Lipinski definition) is 2. The average Bonchev–Trinajstić information content (AvgIpc) is 3.34. The normalized spacial score (nSPS) is 20.6. The van der Waals surface area contributed by atoms with Crippen molar-refractivity contribution in [3.8, 4) is 0 Å². The molecule has 1 atom stereocenters. The van der Waals surface area contributed by atoms with Crippen LogP contribution in [0.1, 0.15) is 23.1 Å². The molecule has 2 N–H and O–H groups in total. The molecule has 4 heteroatoms. The van der Waals surface area contributed by atoms with E-state index < -0.39 is 5.54 Å². The molecule has 4 nitrogen and oxygen atoms in total. The third-order valence-corrected chi connectivity index (χ3v) is 6.21. The van der Waals surface area contributed by atoms with Crippen LogP contribution in [-0.2, 0) is 24.1 Å². The highest BCUT2D eigenvalue weighted by Gasteiger charge is 2.47. The van der Waals surface area contributed by atoms with E-state index in [1.807, 2.05) is 6.07 Å². The summed E-state index contributed by atoms with van der Waals surface area (Å²) in [4.78, 5) is 15.8. The first kappa shape index (κ1) is 18.2. The Hall–Kier alpha value is -2.17. The standard InChI is InChI=1S/C23H29N3O/c1-26(14-12-18-7-3-2-4-8-18)23(22(27)25-21-11-13-24-17-21)15-19-9-5-6-10-20(19)16-23/h2-10,21,24H,11-17H2,1H3,(H,25,27)/t21-/m0/s1. The number of hydrogen-bond acceptors (Lipinski definition) is 3. The fourth-order valence-electron chi connectivity index (χ4n) is 4.45. The highest BCUT2D eigenvalue weighted by Crippen LogP contribution is 2.34. The van der Waals surface area contributed by atoms with E-state index >= 15 is 0 Å². The van der Waals surface area contributed by atoms with E-state index in [0.717, 1.165) is 45.3 Å². The molecule has 0 unspecified atom stereocenters. The van der Waals surface area contributed by atoms with Crippen LogP contribution in [0.4, 0.5) is 0 Å². The predicted octanol–water partition coefficient (Wildman–Crippen LogP) is 2.18. The van der Waals surface area contributed by atoms with Gasteiger partial charge in [0.2, 0.25) is 5.91 Å². The number of nitrogens with zero attached hydrogens (tertiary/aromatic N) is 1. The van der Waals surface area contributed by atoms with Gasteiger partial charge in [0.15, 0.2) is 0 Å². The number of likely N-dealkylation sites (N-methyl/N-ethyl adjacent to an activating group) is 1. The summed E-state index contributed by atoms with van der Waals surface area (Å²) in [5, 5.41) is 6.68. The first-order valence-electron chi connectivity index (χ1n) is 10.0. The van der Waals surface area contributed by atoms with Crippen LogP contribution in [0, 0.1) is 0 Å². The molecule has 0 radical (unpaired) electrons. The maximum absolute atomic E-state index is 13.5. The zero-order valence-corrected chi connectivity index (χ0v) is 16.1. The smallest absolute Gasteiger partial charge is 0.241 e. The third kappa shape index (κ3) is 3.78. The quantitative estimate of drug-likeness (QED) is 0.827. The van der Waals surface area contributed by atoms with Gasteiger partial charge in [0.1, 0.15) is 5.54 Å². The molecule has 2 aliphatic rings. The maximum atomic E-state index is 13.5. The molecule has 1 saturated heterocycles. The van der Waals surface area contributed by atoms with E-state index in [1.54, 1.807) is 0 Å². The zero-order chi connectivity index (χ0) is 18.7. The van der Waals surface area contributed by atoms with Gasteiger partial charge < -0.3 is 10.6 Å². The average molecular weight is 364 g/mol. The number of nitrogens with one attached hydrogen (secondary N) is 2. The van der Waals surface area contributed by atoms with E-state index in [2.05, 4.69) is 71.1 Å². The Labute approximate surface area is 162 Å². The lowest BCUT2D eigenvalue weighted by Gasteiger charge is -2.38. The molecule has 142 valence electrons. The fourth-order valence-corrected chi connectivity index (χ4v) is 4.45. The first-order valence-corrected chi connectivity index (χ1v) is 10.0. The summed E-state index contributed by atoms with van der Waals surface area (Å²) < 4.78 is 0. The molecule has 1 heterocycles. The van der Waals surface area contributed by atoms with E-state index in [0.29, 0.717) is 0 Å². The Balaban J connectivity index is 1.53. The molecule has 0 bridgehead atoms. The summed E-state index contributed by atoms with van der Waals surface area (Å²) in [6.07, 6.45) is 3.55. The van der Waals surface area contributed by atoms with Crippen molar-refractivity contribution in [2.24, 2.45) is 0 Å². The van der Waals surface area contributed by atoms with Crippen LogP contribution in [0.5, 0.6) is 0 Å². The van der Waals surface area contributed by atoms with Crippen molar-refractivity contribution >= 4 is 5.91 Å². The summed E-state index contributed by atoms with van der Waals surface area (Å²) in [6, 6.07) is 19.3. The molecule has 4 rings (SSSR count). The van der Waals surface area contributed by atoms with Crippen molar-refractivity contribution in [1.29, 1.82) is 0 Å². The summed E-state index contributed by atoms with van der Waals surface area (Å²) in [7, 11) is 2.11. The van der Waals surface area contributed by atoms with Crippen LogP contribution < -0.4 is 10.6 Å². The number of carbonyl (C=O) groups is 1. The number of carbonyl (C=O) groups excluding carboxylic acids is 1. The van der Waals surface area contributed by atoms with Gasteiger partial charge in [0.05, 0.1) is 0 Å². The summed E-state index contributed by atoms with van der Waals surface area (Å²) in [5.74, 6) is 0.183. The Morgan fingerprint density at radius 2 is 1.78 bits per heavy atom. The molecule has 27 heavy (non-hydrogen) atoms. The van der Waals surface area contributed by atoms with Gasteiger partial charge in [-0.2, -0.15) is 0 Å². The zero-order valence-electron chi connectivity index (χ0n) is 16.1. The van der Waals surface area contributed by atoms with E-state index in [9.17, 15) is 4.79 Å². The highest BCUT2D eigenvalue weighted by molar-refractivity contribution is 5.88. The molecular weight excluding hydrogens is 334 g/mol. The minimum Gasteiger partial charge on any atom is -0.350 e. The monoisotopic (exact) mass is 363 g/mol. The van der Waals surface area contributed by atoms with Crippen LogP contribution in [0.15, 0.2) is 54.6 Å². The molecule has 2 aromatic carbocycles. The molecule has 0 spiro atoms. The first-order chi connectivity index (χ1) is 13.2. The lowest BCUT2D eigenvalue weighted by Crippen LogP contribution is -2.60. The van der Waals surface area contributed by atoms with Crippen LogP contribution in [0.3, 0.4) is 0 Å². The Morgan fingerprint density at radius 1 is 1.11 bits per heavy atom. The number of rotatable bonds is 6. The van der Waals surface area contributed by atoms with Gasteiger partial charge in [0, 0.05) is 32.0 Å². The van der Waals surface area contributed by atoms with Gasteiger partial charge in [-0.3, -0.25) is 9.69 Å². The lowest BCUT2D eigenvalue weighted by atomic mass is 9.91. The number of amides is 1. The van der Waals surface area contributed by atoms with Gasteiger partial charge in [-0.15, -0.1) is 0 Å². The van der Waals surface area contributed by atoms with Crippen molar-refractivity contribution in [2.45, 2.75) is 37.3 Å². The second-order valence-electron chi connectivity index (χ2n) is 7.97. The second-order valence-corrected chi connectivity index (χ2v) is 7.97. The van der Waals surface area contributed by atoms with Gasteiger partial charge in [0.25, 0.3) is 0 Å². The van der Waals surface area contributed by atoms with Crippen molar-refractivity contribution in [2.75, 3.05) is 26.7 Å². The van der Waals surface area contributed by atoms with Crippen LogP contribution in [0.2, 0.25) is 0 Å². The third-order valence-electron chi connectivity index (χ3n) is 6.21. The van der Waals surface area contributed by atoms with Crippen molar-refractivity contribution < 1.29 is 4.79 Å². The van der Waals surface area contributed by atoms with E-state index in [1.165, 1.54) is 16.7 Å². The van der Waals surface area contributed by atoms with E-state index in [-0.39, 0.29) is 11.9 Å². The minimum absolute atomic E-state index is 0.183. The van der Waals surface area contributed by atoms with Crippen LogP contribution >= 0.6 is 0 Å². The molecule has 0 saturated carbocycles. The Morgan fingerprint density at radius 3 is 2.41 bits per heavy atom. The fraction of sp³-hybridized carbons (Fsp3) is 0.435. The lowest BCUT2D eigenvalue weighted by molar-refractivity contribution is -0.133. The van der Waals surface area contributed by atoms with Gasteiger partial charge in [-0.05, 0) is 43.1 Å². The Kier molecular flexibility index (Phi) is 5.28. The summed E-state index contributed by atoms with van der Waals surface area (Å²) in [6.45, 7) is 2.73. The predicted molar refractivity (Wildman–Crippen MR) is 109 cm³/mol. The molecule has 1 aliphatic heterocycles. The molecule has 1 amide bonds. The maximum Gasteiger partial charge on any atom is 0.241 e. The largest absolute Gasteiger partial charge is 0.350 e. The minimum atomic E-state index is -0.485. The number of benzene rings is 2. The molecule has 1 aliphatic carbocycles. The topological polar surface area (TPSA) is 44.4 Å². The highest BCUT2D eigenvalue weighted by atomic mass is 16.2. The van der Waals surface area contributed by atoms with Gasteiger partial charge >= 0.3 is 0 Å².